The van der Waals surface area contributed by atoms with Gasteiger partial charge in [0.05, 0.1) is 6.54 Å². The quantitative estimate of drug-likeness (QED) is 0.717. The molecule has 4 heteroatoms. The van der Waals surface area contributed by atoms with Crippen LogP contribution in [0, 0.1) is 0 Å². The Morgan fingerprint density at radius 2 is 2.08 bits per heavy atom. The Hall–Kier alpha value is -1.00. The van der Waals surface area contributed by atoms with E-state index in [0.29, 0.717) is 0 Å². The van der Waals surface area contributed by atoms with E-state index in [1.54, 1.807) is 11.8 Å². The maximum Gasteiger partial charge on any atom is 0.238 e. The van der Waals surface area contributed by atoms with Crippen molar-refractivity contribution in [1.29, 1.82) is 0 Å². The number of rotatable bonds is 3. The van der Waals surface area contributed by atoms with Crippen molar-refractivity contribution in [2.45, 2.75) is 4.90 Å². The first kappa shape index (κ1) is 10.1. The van der Waals surface area contributed by atoms with Gasteiger partial charge in [0.2, 0.25) is 5.91 Å². The molecule has 3 nitrogen and oxygen atoms in total. The van der Waals surface area contributed by atoms with Crippen LogP contribution in [0.4, 0.5) is 5.69 Å². The van der Waals surface area contributed by atoms with E-state index >= 15 is 0 Å². The van der Waals surface area contributed by atoms with E-state index in [1.165, 1.54) is 4.90 Å². The molecule has 1 aromatic rings. The van der Waals surface area contributed by atoms with E-state index in [0.717, 1.165) is 5.69 Å². The van der Waals surface area contributed by atoms with Gasteiger partial charge >= 0.3 is 0 Å². The Bertz CT molecular complexity index is 284. The Morgan fingerprint density at radius 1 is 1.46 bits per heavy atom. The summed E-state index contributed by atoms with van der Waals surface area (Å²) in [5, 5.41) is 2.67. The number of hydrogen-bond acceptors (Lipinski definition) is 3. The molecule has 1 rings (SSSR count). The Morgan fingerprint density at radius 3 is 2.54 bits per heavy atom. The van der Waals surface area contributed by atoms with E-state index < -0.39 is 0 Å². The predicted molar refractivity (Wildman–Crippen MR) is 55.9 cm³/mol. The van der Waals surface area contributed by atoms with Crippen LogP contribution in [0.5, 0.6) is 0 Å². The van der Waals surface area contributed by atoms with Gasteiger partial charge in [-0.25, -0.2) is 0 Å². The molecule has 1 amide bonds. The van der Waals surface area contributed by atoms with Crippen LogP contribution >= 0.6 is 11.8 Å². The van der Waals surface area contributed by atoms with E-state index in [2.05, 4.69) is 5.32 Å². The molecule has 0 atom stereocenters. The Labute approximate surface area is 81.7 Å². The Balaban J connectivity index is 2.64. The van der Waals surface area contributed by atoms with Crippen molar-refractivity contribution in [3.05, 3.63) is 24.3 Å². The molecule has 70 valence electrons. The Kier molecular flexibility index (Phi) is 3.79. The second-order valence-corrected chi connectivity index (χ2v) is 3.36. The van der Waals surface area contributed by atoms with Gasteiger partial charge in [-0.1, -0.05) is 0 Å². The molecule has 0 fully saturated rings. The minimum atomic E-state index is -0.170. The second kappa shape index (κ2) is 4.89. The first-order chi connectivity index (χ1) is 6.26. The molecule has 0 saturated carbocycles. The molecule has 0 unspecified atom stereocenters. The minimum absolute atomic E-state index is 0.0181. The standard InChI is InChI=1S/C9H12N2OS/c1-13-8-4-2-7(3-5-8)11-9(12)6-10/h2-5H,6,10H2,1H3,(H,11,12). The number of thioether (sulfide) groups is 1. The SMILES string of the molecule is CSc1ccc(NC(=O)CN)cc1. The van der Waals surface area contributed by atoms with Crippen molar-refractivity contribution < 1.29 is 4.79 Å². The summed E-state index contributed by atoms with van der Waals surface area (Å²) in [7, 11) is 0. The van der Waals surface area contributed by atoms with Crippen LogP contribution < -0.4 is 11.1 Å². The van der Waals surface area contributed by atoms with Crippen molar-refractivity contribution in [2.24, 2.45) is 5.73 Å². The van der Waals surface area contributed by atoms with Crippen molar-refractivity contribution in [3.8, 4) is 0 Å². The normalized spacial score (nSPS) is 9.69. The zero-order chi connectivity index (χ0) is 9.68. The largest absolute Gasteiger partial charge is 0.325 e. The van der Waals surface area contributed by atoms with Gasteiger partial charge in [0.15, 0.2) is 0 Å². The van der Waals surface area contributed by atoms with E-state index in [9.17, 15) is 4.79 Å². The van der Waals surface area contributed by atoms with E-state index in [4.69, 9.17) is 5.73 Å². The lowest BCUT2D eigenvalue weighted by molar-refractivity contribution is -0.114. The first-order valence-electron chi connectivity index (χ1n) is 3.90. The summed E-state index contributed by atoms with van der Waals surface area (Å²) in [6.07, 6.45) is 2.01. The average molecular weight is 196 g/mol. The van der Waals surface area contributed by atoms with Gasteiger partial charge in [0, 0.05) is 10.6 Å². The fraction of sp³-hybridized carbons (Fsp3) is 0.222. The topological polar surface area (TPSA) is 55.1 Å². The maximum atomic E-state index is 10.9. The van der Waals surface area contributed by atoms with Crippen molar-refractivity contribution in [1.82, 2.24) is 0 Å². The lowest BCUT2D eigenvalue weighted by Gasteiger charge is -2.03. The van der Waals surface area contributed by atoms with Gasteiger partial charge in [-0.3, -0.25) is 4.79 Å². The summed E-state index contributed by atoms with van der Waals surface area (Å²) in [5.41, 5.74) is 5.95. The summed E-state index contributed by atoms with van der Waals surface area (Å²) >= 11 is 1.66. The smallest absolute Gasteiger partial charge is 0.238 e. The number of benzene rings is 1. The molecule has 0 aliphatic carbocycles. The molecule has 0 aliphatic heterocycles. The number of anilines is 1. The van der Waals surface area contributed by atoms with Crippen LogP contribution in [0.3, 0.4) is 0 Å². The first-order valence-corrected chi connectivity index (χ1v) is 5.12. The number of nitrogens with two attached hydrogens (primary N) is 1. The monoisotopic (exact) mass is 196 g/mol. The fourth-order valence-electron chi connectivity index (χ4n) is 0.886. The molecule has 0 aromatic heterocycles. The second-order valence-electron chi connectivity index (χ2n) is 2.48. The number of carbonyl (C=O) groups excluding carboxylic acids is 1. The molecule has 0 radical (unpaired) electrons. The molecule has 0 aliphatic rings. The molecular weight excluding hydrogens is 184 g/mol. The zero-order valence-electron chi connectivity index (χ0n) is 7.41. The number of nitrogens with one attached hydrogen (secondary N) is 1. The maximum absolute atomic E-state index is 10.9. The van der Waals surface area contributed by atoms with Crippen LogP contribution in [-0.2, 0) is 4.79 Å². The minimum Gasteiger partial charge on any atom is -0.325 e. The number of carbonyl (C=O) groups is 1. The van der Waals surface area contributed by atoms with Crippen LogP contribution in [0.1, 0.15) is 0 Å². The highest BCUT2D eigenvalue weighted by Gasteiger charge is 1.97. The summed E-state index contributed by atoms with van der Waals surface area (Å²) in [6.45, 7) is 0.0181. The third-order valence-corrected chi connectivity index (χ3v) is 2.30. The van der Waals surface area contributed by atoms with E-state index in [1.807, 2.05) is 30.5 Å². The third kappa shape index (κ3) is 3.08. The van der Waals surface area contributed by atoms with Crippen molar-refractivity contribution >= 4 is 23.4 Å². The van der Waals surface area contributed by atoms with Gasteiger partial charge in [-0.15, -0.1) is 11.8 Å². The summed E-state index contributed by atoms with van der Waals surface area (Å²) in [5.74, 6) is -0.170. The number of amides is 1. The van der Waals surface area contributed by atoms with Gasteiger partial charge < -0.3 is 11.1 Å². The average Bonchev–Trinajstić information content (AvgIpc) is 2.19. The number of hydrogen-bond donors (Lipinski definition) is 2. The lowest BCUT2D eigenvalue weighted by atomic mass is 10.3. The fourth-order valence-corrected chi connectivity index (χ4v) is 1.29. The summed E-state index contributed by atoms with van der Waals surface area (Å²) in [4.78, 5) is 12.1. The zero-order valence-corrected chi connectivity index (χ0v) is 8.23. The van der Waals surface area contributed by atoms with Crippen LogP contribution in [0.15, 0.2) is 29.2 Å². The molecule has 0 heterocycles. The van der Waals surface area contributed by atoms with Crippen molar-refractivity contribution in [2.75, 3.05) is 18.1 Å². The molecule has 0 saturated heterocycles. The molecule has 0 spiro atoms. The van der Waals surface area contributed by atoms with Gasteiger partial charge in [0.1, 0.15) is 0 Å². The molecular formula is C9H12N2OS. The van der Waals surface area contributed by atoms with Crippen LogP contribution in [0.25, 0.3) is 0 Å². The van der Waals surface area contributed by atoms with Crippen LogP contribution in [-0.4, -0.2) is 18.7 Å². The summed E-state index contributed by atoms with van der Waals surface area (Å²) < 4.78 is 0. The highest BCUT2D eigenvalue weighted by Crippen LogP contribution is 2.17. The third-order valence-electron chi connectivity index (χ3n) is 1.56. The summed E-state index contributed by atoms with van der Waals surface area (Å²) in [6, 6.07) is 7.63. The van der Waals surface area contributed by atoms with E-state index in [-0.39, 0.29) is 12.5 Å². The highest BCUT2D eigenvalue weighted by molar-refractivity contribution is 7.98. The molecule has 1 aromatic carbocycles. The van der Waals surface area contributed by atoms with Crippen molar-refractivity contribution in [3.63, 3.8) is 0 Å². The lowest BCUT2D eigenvalue weighted by Crippen LogP contribution is -2.21. The van der Waals surface area contributed by atoms with Crippen LogP contribution in [0.2, 0.25) is 0 Å². The van der Waals surface area contributed by atoms with Gasteiger partial charge in [-0.05, 0) is 30.5 Å². The molecule has 0 bridgehead atoms. The van der Waals surface area contributed by atoms with Gasteiger partial charge in [-0.2, -0.15) is 0 Å². The predicted octanol–water partition coefficient (Wildman–Crippen LogP) is 1.31. The molecule has 3 N–H and O–H groups in total. The highest BCUT2D eigenvalue weighted by atomic mass is 32.2. The molecule has 13 heavy (non-hydrogen) atoms. The van der Waals surface area contributed by atoms with Gasteiger partial charge in [0.25, 0.3) is 0 Å².